The topological polar surface area (TPSA) is 73.8 Å². The largest absolute Gasteiger partial charge is 0.378 e. The van der Waals surface area contributed by atoms with Crippen molar-refractivity contribution in [3.8, 4) is 0 Å². The standard InChI is InChI=1S/C22H31FN4O2S/c1-6-24-22(25-13-17-8-10-21(27(3)4)11-16(17)2)26-14-19-12-20(23)9-7-18(19)15-30(5,28)29/h7-12H,6,13-15H2,1-5H3,(H2,24,25,26). The second kappa shape index (κ2) is 10.4. The summed E-state index contributed by atoms with van der Waals surface area (Å²) in [6.07, 6.45) is 1.17. The van der Waals surface area contributed by atoms with E-state index in [1.165, 1.54) is 30.0 Å². The number of benzene rings is 2. The normalized spacial score (nSPS) is 12.0. The molecule has 2 rings (SSSR count). The summed E-state index contributed by atoms with van der Waals surface area (Å²) in [5.41, 5.74) is 4.58. The molecule has 0 radical (unpaired) electrons. The van der Waals surface area contributed by atoms with Crippen LogP contribution >= 0.6 is 0 Å². The quantitative estimate of drug-likeness (QED) is 0.494. The lowest BCUT2D eigenvalue weighted by molar-refractivity contribution is 0.600. The van der Waals surface area contributed by atoms with E-state index in [4.69, 9.17) is 0 Å². The van der Waals surface area contributed by atoms with Gasteiger partial charge in [-0.25, -0.2) is 17.8 Å². The minimum absolute atomic E-state index is 0.139. The second-order valence-corrected chi connectivity index (χ2v) is 9.68. The fourth-order valence-corrected chi connectivity index (χ4v) is 3.85. The van der Waals surface area contributed by atoms with Gasteiger partial charge in [0, 0.05) is 39.1 Å². The highest BCUT2D eigenvalue weighted by Crippen LogP contribution is 2.18. The van der Waals surface area contributed by atoms with E-state index < -0.39 is 15.7 Å². The molecule has 2 aromatic rings. The Balaban J connectivity index is 2.16. The Kier molecular flexibility index (Phi) is 8.23. The predicted molar refractivity (Wildman–Crippen MR) is 122 cm³/mol. The minimum atomic E-state index is -3.23. The summed E-state index contributed by atoms with van der Waals surface area (Å²) >= 11 is 0. The molecule has 164 valence electrons. The first-order valence-electron chi connectivity index (χ1n) is 9.83. The van der Waals surface area contributed by atoms with E-state index in [0.29, 0.717) is 30.2 Å². The van der Waals surface area contributed by atoms with Crippen molar-refractivity contribution in [3.05, 3.63) is 64.5 Å². The third-order valence-corrected chi connectivity index (χ3v) is 5.46. The first-order valence-corrected chi connectivity index (χ1v) is 11.9. The van der Waals surface area contributed by atoms with Crippen LogP contribution in [0.25, 0.3) is 0 Å². The van der Waals surface area contributed by atoms with Gasteiger partial charge >= 0.3 is 0 Å². The van der Waals surface area contributed by atoms with Gasteiger partial charge in [0.05, 0.1) is 12.3 Å². The molecule has 6 nitrogen and oxygen atoms in total. The first kappa shape index (κ1) is 23.7. The highest BCUT2D eigenvalue weighted by atomic mass is 32.2. The Hall–Kier alpha value is -2.61. The van der Waals surface area contributed by atoms with Crippen LogP contribution < -0.4 is 15.5 Å². The zero-order chi connectivity index (χ0) is 22.3. The molecule has 0 saturated carbocycles. The smallest absolute Gasteiger partial charge is 0.191 e. The number of nitrogens with one attached hydrogen (secondary N) is 2. The van der Waals surface area contributed by atoms with E-state index in [1.807, 2.05) is 21.0 Å². The monoisotopic (exact) mass is 434 g/mol. The third kappa shape index (κ3) is 7.33. The maximum atomic E-state index is 13.7. The predicted octanol–water partition coefficient (Wildman–Crippen LogP) is 3.00. The van der Waals surface area contributed by atoms with Gasteiger partial charge in [-0.2, -0.15) is 0 Å². The fraction of sp³-hybridized carbons (Fsp3) is 0.409. The van der Waals surface area contributed by atoms with Crippen LogP contribution in [-0.2, 0) is 28.7 Å². The van der Waals surface area contributed by atoms with Gasteiger partial charge in [-0.15, -0.1) is 0 Å². The number of nitrogens with zero attached hydrogens (tertiary/aromatic N) is 2. The molecule has 2 N–H and O–H groups in total. The van der Waals surface area contributed by atoms with Crippen molar-refractivity contribution in [1.29, 1.82) is 0 Å². The fourth-order valence-electron chi connectivity index (χ4n) is 3.01. The summed E-state index contributed by atoms with van der Waals surface area (Å²) in [5, 5.41) is 6.47. The Morgan fingerprint density at radius 1 is 1.07 bits per heavy atom. The number of hydrogen-bond acceptors (Lipinski definition) is 4. The number of aryl methyl sites for hydroxylation is 1. The number of hydrogen-bond donors (Lipinski definition) is 2. The van der Waals surface area contributed by atoms with Crippen molar-refractivity contribution in [1.82, 2.24) is 10.6 Å². The number of aliphatic imine (C=N–C) groups is 1. The Labute approximate surface area is 179 Å². The number of rotatable bonds is 8. The molecule has 0 fully saturated rings. The first-order chi connectivity index (χ1) is 14.1. The van der Waals surface area contributed by atoms with E-state index in [9.17, 15) is 12.8 Å². The molecule has 0 unspecified atom stereocenters. The summed E-state index contributed by atoms with van der Waals surface area (Å²) in [6.45, 7) is 5.47. The van der Waals surface area contributed by atoms with Gasteiger partial charge in [-0.05, 0) is 60.4 Å². The molecule has 0 bridgehead atoms. The summed E-state index contributed by atoms with van der Waals surface area (Å²) in [6, 6.07) is 10.4. The number of guanidine groups is 1. The van der Waals surface area contributed by atoms with Crippen molar-refractivity contribution in [2.24, 2.45) is 4.99 Å². The molecule has 0 aromatic heterocycles. The lowest BCUT2D eigenvalue weighted by Crippen LogP contribution is -2.37. The third-order valence-electron chi connectivity index (χ3n) is 4.63. The molecule has 0 aliphatic carbocycles. The SMILES string of the molecule is CCNC(=NCc1cc(F)ccc1CS(C)(=O)=O)NCc1ccc(N(C)C)cc1C. The summed E-state index contributed by atoms with van der Waals surface area (Å²) in [4.78, 5) is 6.59. The van der Waals surface area contributed by atoms with Gasteiger partial charge < -0.3 is 15.5 Å². The number of anilines is 1. The van der Waals surface area contributed by atoms with Crippen molar-refractivity contribution >= 4 is 21.5 Å². The Bertz CT molecular complexity index is 1000. The van der Waals surface area contributed by atoms with Crippen LogP contribution in [0.3, 0.4) is 0 Å². The van der Waals surface area contributed by atoms with Crippen LogP contribution in [0, 0.1) is 12.7 Å². The van der Waals surface area contributed by atoms with Crippen LogP contribution in [0.5, 0.6) is 0 Å². The van der Waals surface area contributed by atoms with E-state index >= 15 is 0 Å². The van der Waals surface area contributed by atoms with E-state index in [1.54, 1.807) is 0 Å². The van der Waals surface area contributed by atoms with E-state index in [2.05, 4.69) is 45.6 Å². The molecular formula is C22H31FN4O2S. The van der Waals surface area contributed by atoms with Crippen LogP contribution in [0.1, 0.15) is 29.2 Å². The van der Waals surface area contributed by atoms with Gasteiger partial charge in [0.1, 0.15) is 5.82 Å². The van der Waals surface area contributed by atoms with Crippen LogP contribution in [-0.4, -0.2) is 41.3 Å². The molecule has 0 saturated heterocycles. The summed E-state index contributed by atoms with van der Waals surface area (Å²) < 4.78 is 37.1. The van der Waals surface area contributed by atoms with E-state index in [-0.39, 0.29) is 12.3 Å². The van der Waals surface area contributed by atoms with Crippen LogP contribution in [0.15, 0.2) is 41.4 Å². The van der Waals surface area contributed by atoms with Gasteiger partial charge in [-0.1, -0.05) is 12.1 Å². The lowest BCUT2D eigenvalue weighted by Gasteiger charge is -2.17. The van der Waals surface area contributed by atoms with Gasteiger partial charge in [0.15, 0.2) is 15.8 Å². The summed E-state index contributed by atoms with van der Waals surface area (Å²) in [7, 11) is 0.786. The highest BCUT2D eigenvalue weighted by Gasteiger charge is 2.11. The molecule has 0 aliphatic heterocycles. The minimum Gasteiger partial charge on any atom is -0.378 e. The zero-order valence-corrected chi connectivity index (χ0v) is 19.1. The van der Waals surface area contributed by atoms with Crippen LogP contribution in [0.2, 0.25) is 0 Å². The number of sulfone groups is 1. The lowest BCUT2D eigenvalue weighted by atomic mass is 10.1. The molecule has 0 atom stereocenters. The van der Waals surface area contributed by atoms with E-state index in [0.717, 1.165) is 11.3 Å². The average Bonchev–Trinajstić information content (AvgIpc) is 2.65. The van der Waals surface area contributed by atoms with Gasteiger partial charge in [0.2, 0.25) is 0 Å². The molecule has 0 heterocycles. The molecule has 30 heavy (non-hydrogen) atoms. The van der Waals surface area contributed by atoms with Gasteiger partial charge in [0.25, 0.3) is 0 Å². The Morgan fingerprint density at radius 3 is 2.37 bits per heavy atom. The second-order valence-electron chi connectivity index (χ2n) is 7.54. The molecule has 0 aliphatic rings. The molecule has 2 aromatic carbocycles. The van der Waals surface area contributed by atoms with Crippen molar-refractivity contribution in [2.45, 2.75) is 32.7 Å². The molecule has 8 heteroatoms. The zero-order valence-electron chi connectivity index (χ0n) is 18.3. The molecular weight excluding hydrogens is 403 g/mol. The van der Waals surface area contributed by atoms with Crippen molar-refractivity contribution < 1.29 is 12.8 Å². The van der Waals surface area contributed by atoms with Crippen LogP contribution in [0.4, 0.5) is 10.1 Å². The Morgan fingerprint density at radius 2 is 1.77 bits per heavy atom. The maximum Gasteiger partial charge on any atom is 0.191 e. The summed E-state index contributed by atoms with van der Waals surface area (Å²) in [5.74, 6) is 0.0367. The van der Waals surface area contributed by atoms with Crippen molar-refractivity contribution in [3.63, 3.8) is 0 Å². The molecule has 0 spiro atoms. The average molecular weight is 435 g/mol. The van der Waals surface area contributed by atoms with Gasteiger partial charge in [-0.3, -0.25) is 0 Å². The maximum absolute atomic E-state index is 13.7. The number of halogens is 1. The highest BCUT2D eigenvalue weighted by molar-refractivity contribution is 7.89. The molecule has 0 amide bonds. The van der Waals surface area contributed by atoms with Crippen molar-refractivity contribution in [2.75, 3.05) is 31.8 Å².